The van der Waals surface area contributed by atoms with E-state index < -0.39 is 0 Å². The first kappa shape index (κ1) is 15.2. The van der Waals surface area contributed by atoms with Crippen LogP contribution in [0, 0.1) is 0 Å². The Kier molecular flexibility index (Phi) is 4.87. The smallest absolute Gasteiger partial charge is 0.237 e. The second-order valence-electron chi connectivity index (χ2n) is 6.18. The predicted octanol–water partition coefficient (Wildman–Crippen LogP) is 1.18. The normalized spacial score (nSPS) is 22.8. The van der Waals surface area contributed by atoms with E-state index in [4.69, 9.17) is 0 Å². The number of nitrogens with zero attached hydrogens (tertiary/aromatic N) is 4. The number of carbonyl (C=O) groups is 1. The molecule has 2 aliphatic heterocycles. The number of rotatable bonds is 4. The molecule has 0 radical (unpaired) electrons. The van der Waals surface area contributed by atoms with Crippen LogP contribution >= 0.6 is 0 Å². The summed E-state index contributed by atoms with van der Waals surface area (Å²) in [6, 6.07) is -0.0167. The second kappa shape index (κ2) is 7.05. The van der Waals surface area contributed by atoms with E-state index in [9.17, 15) is 4.79 Å². The maximum atomic E-state index is 12.0. The topological polar surface area (TPSA) is 61.4 Å². The lowest BCUT2D eigenvalue weighted by atomic mass is 10.0. The van der Waals surface area contributed by atoms with Crippen molar-refractivity contribution in [1.82, 2.24) is 20.2 Å². The van der Waals surface area contributed by atoms with Gasteiger partial charge in [-0.05, 0) is 32.2 Å². The Bertz CT molecular complexity index is 498. The summed E-state index contributed by atoms with van der Waals surface area (Å²) in [6.07, 6.45) is 9.50. The van der Waals surface area contributed by atoms with E-state index >= 15 is 0 Å². The molecule has 1 amide bonds. The number of carbonyl (C=O) groups excluding carboxylic acids is 1. The summed E-state index contributed by atoms with van der Waals surface area (Å²) in [7, 11) is 1.71. The number of anilines is 1. The van der Waals surface area contributed by atoms with Crippen molar-refractivity contribution in [2.75, 3.05) is 31.6 Å². The average molecular weight is 303 g/mol. The molecule has 2 saturated heterocycles. The van der Waals surface area contributed by atoms with Gasteiger partial charge in [0.15, 0.2) is 0 Å². The van der Waals surface area contributed by atoms with Gasteiger partial charge in [-0.15, -0.1) is 0 Å². The molecule has 0 saturated carbocycles. The molecular formula is C16H25N5O. The molecule has 0 aliphatic carbocycles. The Morgan fingerprint density at radius 3 is 2.55 bits per heavy atom. The van der Waals surface area contributed by atoms with Crippen molar-refractivity contribution in [3.05, 3.63) is 18.0 Å². The molecule has 0 aromatic carbocycles. The fraction of sp³-hybridized carbons (Fsp3) is 0.688. The zero-order valence-corrected chi connectivity index (χ0v) is 13.3. The van der Waals surface area contributed by atoms with Crippen molar-refractivity contribution in [1.29, 1.82) is 0 Å². The van der Waals surface area contributed by atoms with Crippen LogP contribution in [0.25, 0.3) is 0 Å². The number of aromatic nitrogens is 2. The maximum Gasteiger partial charge on any atom is 0.237 e. The molecule has 22 heavy (non-hydrogen) atoms. The number of likely N-dealkylation sites (N-methyl/N-ethyl adjacent to an activating group) is 1. The molecule has 3 heterocycles. The van der Waals surface area contributed by atoms with E-state index in [1.54, 1.807) is 7.05 Å². The van der Waals surface area contributed by atoms with Crippen molar-refractivity contribution in [3.63, 3.8) is 0 Å². The van der Waals surface area contributed by atoms with Gasteiger partial charge in [-0.25, -0.2) is 9.97 Å². The molecular weight excluding hydrogens is 278 g/mol. The molecule has 3 rings (SSSR count). The van der Waals surface area contributed by atoms with Crippen LogP contribution < -0.4 is 10.2 Å². The Morgan fingerprint density at radius 1 is 1.18 bits per heavy atom. The molecule has 0 bridgehead atoms. The van der Waals surface area contributed by atoms with Gasteiger partial charge in [0.05, 0.1) is 6.04 Å². The van der Waals surface area contributed by atoms with Crippen LogP contribution in [0.1, 0.15) is 37.7 Å². The molecule has 6 heteroatoms. The third-order valence-corrected chi connectivity index (χ3v) is 4.63. The standard InChI is InChI=1S/C16H25N5O/c1-17-15(22)14-6-2-3-9-21(14)12-13-10-18-16(19-11-13)20-7-4-5-8-20/h10-11,14H,2-9,12H2,1H3,(H,17,22)/t14-/m0/s1. The fourth-order valence-electron chi connectivity index (χ4n) is 3.39. The van der Waals surface area contributed by atoms with Gasteiger partial charge in [-0.2, -0.15) is 0 Å². The van der Waals surface area contributed by atoms with Crippen molar-refractivity contribution in [2.45, 2.75) is 44.7 Å². The highest BCUT2D eigenvalue weighted by atomic mass is 16.2. The first-order valence-corrected chi connectivity index (χ1v) is 8.29. The molecule has 6 nitrogen and oxygen atoms in total. The van der Waals surface area contributed by atoms with Gasteiger partial charge in [-0.1, -0.05) is 6.42 Å². The van der Waals surface area contributed by atoms with E-state index in [-0.39, 0.29) is 11.9 Å². The molecule has 0 spiro atoms. The van der Waals surface area contributed by atoms with Gasteiger partial charge < -0.3 is 10.2 Å². The molecule has 1 N–H and O–H groups in total. The van der Waals surface area contributed by atoms with Gasteiger partial charge >= 0.3 is 0 Å². The highest BCUT2D eigenvalue weighted by Crippen LogP contribution is 2.20. The summed E-state index contributed by atoms with van der Waals surface area (Å²) in [5.74, 6) is 0.956. The Labute approximate surface area is 131 Å². The number of nitrogens with one attached hydrogen (secondary N) is 1. The SMILES string of the molecule is CNC(=O)[C@@H]1CCCCN1Cc1cnc(N2CCCC2)nc1. The average Bonchev–Trinajstić information content (AvgIpc) is 3.10. The molecule has 2 fully saturated rings. The van der Waals surface area contributed by atoms with Crippen LogP contribution in [0.5, 0.6) is 0 Å². The van der Waals surface area contributed by atoms with Crippen LogP contribution in [0.15, 0.2) is 12.4 Å². The van der Waals surface area contributed by atoms with Gasteiger partial charge in [0, 0.05) is 44.6 Å². The first-order chi connectivity index (χ1) is 10.8. The second-order valence-corrected chi connectivity index (χ2v) is 6.18. The van der Waals surface area contributed by atoms with Gasteiger partial charge in [0.1, 0.15) is 0 Å². The third kappa shape index (κ3) is 3.38. The highest BCUT2D eigenvalue weighted by molar-refractivity contribution is 5.81. The fourth-order valence-corrected chi connectivity index (χ4v) is 3.39. The maximum absolute atomic E-state index is 12.0. The summed E-state index contributed by atoms with van der Waals surface area (Å²) in [6.45, 7) is 3.83. The molecule has 1 aromatic heterocycles. The van der Waals surface area contributed by atoms with Crippen LogP contribution in [0.3, 0.4) is 0 Å². The Hall–Kier alpha value is -1.69. The predicted molar refractivity (Wildman–Crippen MR) is 85.6 cm³/mol. The van der Waals surface area contributed by atoms with Crippen LogP contribution in [0.4, 0.5) is 5.95 Å². The van der Waals surface area contributed by atoms with Crippen molar-refractivity contribution in [3.8, 4) is 0 Å². The summed E-state index contributed by atoms with van der Waals surface area (Å²) in [5.41, 5.74) is 1.08. The summed E-state index contributed by atoms with van der Waals surface area (Å²) >= 11 is 0. The van der Waals surface area contributed by atoms with E-state index in [0.29, 0.717) is 0 Å². The number of likely N-dealkylation sites (tertiary alicyclic amines) is 1. The monoisotopic (exact) mass is 303 g/mol. The van der Waals surface area contributed by atoms with Crippen LogP contribution in [-0.2, 0) is 11.3 Å². The van der Waals surface area contributed by atoms with Crippen molar-refractivity contribution < 1.29 is 4.79 Å². The lowest BCUT2D eigenvalue weighted by Crippen LogP contribution is -2.48. The van der Waals surface area contributed by atoms with Crippen LogP contribution in [-0.4, -0.2) is 53.5 Å². The number of hydrogen-bond donors (Lipinski definition) is 1. The summed E-state index contributed by atoms with van der Waals surface area (Å²) in [5, 5.41) is 2.78. The van der Waals surface area contributed by atoms with Crippen LogP contribution in [0.2, 0.25) is 0 Å². The zero-order valence-electron chi connectivity index (χ0n) is 13.3. The van der Waals surface area contributed by atoms with Gasteiger partial charge in [0.25, 0.3) is 0 Å². The quantitative estimate of drug-likeness (QED) is 0.905. The zero-order chi connectivity index (χ0) is 15.4. The molecule has 1 aromatic rings. The minimum atomic E-state index is -0.0167. The van der Waals surface area contributed by atoms with Crippen molar-refractivity contribution in [2.24, 2.45) is 0 Å². The third-order valence-electron chi connectivity index (χ3n) is 4.63. The lowest BCUT2D eigenvalue weighted by Gasteiger charge is -2.34. The number of hydrogen-bond acceptors (Lipinski definition) is 5. The highest BCUT2D eigenvalue weighted by Gasteiger charge is 2.28. The number of piperidine rings is 1. The number of amides is 1. The minimum Gasteiger partial charge on any atom is -0.358 e. The Balaban J connectivity index is 1.64. The van der Waals surface area contributed by atoms with E-state index in [0.717, 1.165) is 57.0 Å². The van der Waals surface area contributed by atoms with Gasteiger partial charge in [0.2, 0.25) is 11.9 Å². The van der Waals surface area contributed by atoms with E-state index in [1.807, 2.05) is 12.4 Å². The molecule has 0 unspecified atom stereocenters. The first-order valence-electron chi connectivity index (χ1n) is 8.29. The van der Waals surface area contributed by atoms with E-state index in [1.165, 1.54) is 12.8 Å². The Morgan fingerprint density at radius 2 is 1.86 bits per heavy atom. The van der Waals surface area contributed by atoms with Gasteiger partial charge in [-0.3, -0.25) is 9.69 Å². The largest absolute Gasteiger partial charge is 0.358 e. The minimum absolute atomic E-state index is 0.0167. The molecule has 120 valence electrons. The lowest BCUT2D eigenvalue weighted by molar-refractivity contribution is -0.127. The van der Waals surface area contributed by atoms with E-state index in [2.05, 4.69) is 25.1 Å². The summed E-state index contributed by atoms with van der Waals surface area (Å²) < 4.78 is 0. The molecule has 1 atom stereocenters. The van der Waals surface area contributed by atoms with Crippen molar-refractivity contribution >= 4 is 11.9 Å². The summed E-state index contributed by atoms with van der Waals surface area (Å²) in [4.78, 5) is 25.5. The molecule has 2 aliphatic rings.